The van der Waals surface area contributed by atoms with Gasteiger partial charge in [-0.15, -0.1) is 0 Å². The van der Waals surface area contributed by atoms with Crippen molar-refractivity contribution in [1.82, 2.24) is 4.90 Å². The number of halogens is 1. The van der Waals surface area contributed by atoms with Crippen molar-refractivity contribution in [2.75, 3.05) is 25.0 Å². The average Bonchev–Trinajstić information content (AvgIpc) is 1.85. The summed E-state index contributed by atoms with van der Waals surface area (Å²) in [5.74, 6) is 0. The lowest BCUT2D eigenvalue weighted by Gasteiger charge is -2.36. The van der Waals surface area contributed by atoms with E-state index in [2.05, 4.69) is 20.8 Å². The maximum atomic E-state index is 9.71. The van der Waals surface area contributed by atoms with E-state index in [1.807, 2.05) is 6.92 Å². The first-order valence-corrected chi connectivity index (χ1v) is 5.27. The molecule has 1 atom stereocenters. The molecule has 1 fully saturated rings. The van der Waals surface area contributed by atoms with Crippen LogP contribution in [0.25, 0.3) is 0 Å². The van der Waals surface area contributed by atoms with Gasteiger partial charge >= 0.3 is 0 Å². The van der Waals surface area contributed by atoms with Gasteiger partial charge in [-0.2, -0.15) is 0 Å². The Labute approximate surface area is 76.7 Å². The zero-order valence-electron chi connectivity index (χ0n) is 7.02. The molecule has 0 radical (unpaired) electrons. The summed E-state index contributed by atoms with van der Waals surface area (Å²) in [5, 5.41) is 10.7. The molecular formula is C8H16BrNO. The fraction of sp³-hybridized carbons (Fsp3) is 1.00. The first kappa shape index (κ1) is 9.49. The molecule has 1 rings (SSSR count). The maximum absolute atomic E-state index is 9.71. The normalized spacial score (nSPS) is 34.1. The highest BCUT2D eigenvalue weighted by Gasteiger charge is 2.27. The first-order valence-electron chi connectivity index (χ1n) is 4.15. The summed E-state index contributed by atoms with van der Waals surface area (Å²) in [5.41, 5.74) is -0.444. The standard InChI is InChI=1S/C8H16BrNO/c1-8(11)3-2-5-10(7-8)6-4-9/h11H,2-7H2,1H3. The summed E-state index contributed by atoms with van der Waals surface area (Å²) in [4.78, 5) is 2.30. The van der Waals surface area contributed by atoms with Crippen molar-refractivity contribution in [2.24, 2.45) is 0 Å². The van der Waals surface area contributed by atoms with Gasteiger partial charge in [0.1, 0.15) is 0 Å². The number of hydrogen-bond acceptors (Lipinski definition) is 2. The molecule has 66 valence electrons. The highest BCUT2D eigenvalue weighted by Crippen LogP contribution is 2.19. The van der Waals surface area contributed by atoms with Crippen LogP contribution >= 0.6 is 15.9 Å². The van der Waals surface area contributed by atoms with Gasteiger partial charge in [0.05, 0.1) is 5.60 Å². The zero-order chi connectivity index (χ0) is 8.32. The Balaban J connectivity index is 2.34. The lowest BCUT2D eigenvalue weighted by Crippen LogP contribution is -2.46. The van der Waals surface area contributed by atoms with Crippen LogP contribution in [0.15, 0.2) is 0 Å². The third-order valence-electron chi connectivity index (χ3n) is 2.15. The predicted octanol–water partition coefficient (Wildman–Crippen LogP) is 1.23. The van der Waals surface area contributed by atoms with Crippen LogP contribution in [-0.4, -0.2) is 40.6 Å². The third kappa shape index (κ3) is 3.09. The Morgan fingerprint density at radius 1 is 1.64 bits per heavy atom. The number of hydrogen-bond donors (Lipinski definition) is 1. The molecule has 11 heavy (non-hydrogen) atoms. The van der Waals surface area contributed by atoms with Gasteiger partial charge in [-0.05, 0) is 26.3 Å². The zero-order valence-corrected chi connectivity index (χ0v) is 8.60. The van der Waals surface area contributed by atoms with Crippen molar-refractivity contribution in [3.63, 3.8) is 0 Å². The SMILES string of the molecule is CC1(O)CCCN(CCBr)C1. The molecule has 0 aromatic carbocycles. The van der Waals surface area contributed by atoms with E-state index in [9.17, 15) is 5.11 Å². The number of rotatable bonds is 2. The van der Waals surface area contributed by atoms with Crippen LogP contribution in [0.2, 0.25) is 0 Å². The van der Waals surface area contributed by atoms with E-state index in [4.69, 9.17) is 0 Å². The monoisotopic (exact) mass is 221 g/mol. The fourth-order valence-electron chi connectivity index (χ4n) is 1.63. The molecule has 0 saturated carbocycles. The Bertz CT molecular complexity index is 125. The quantitative estimate of drug-likeness (QED) is 0.710. The van der Waals surface area contributed by atoms with Crippen LogP contribution in [0.5, 0.6) is 0 Å². The van der Waals surface area contributed by atoms with Crippen molar-refractivity contribution in [3.8, 4) is 0 Å². The van der Waals surface area contributed by atoms with Gasteiger partial charge in [0, 0.05) is 18.4 Å². The molecule has 0 spiro atoms. The number of likely N-dealkylation sites (tertiary alicyclic amines) is 1. The largest absolute Gasteiger partial charge is 0.389 e. The van der Waals surface area contributed by atoms with Crippen LogP contribution in [0, 0.1) is 0 Å². The van der Waals surface area contributed by atoms with E-state index in [0.717, 1.165) is 37.8 Å². The molecule has 0 aromatic rings. The minimum absolute atomic E-state index is 0.444. The molecule has 3 heteroatoms. The maximum Gasteiger partial charge on any atom is 0.0746 e. The predicted molar refractivity (Wildman–Crippen MR) is 50.1 cm³/mol. The molecule has 1 heterocycles. The van der Waals surface area contributed by atoms with Crippen LogP contribution in [-0.2, 0) is 0 Å². The van der Waals surface area contributed by atoms with Crippen LogP contribution in [0.4, 0.5) is 0 Å². The van der Waals surface area contributed by atoms with E-state index in [-0.39, 0.29) is 0 Å². The highest BCUT2D eigenvalue weighted by molar-refractivity contribution is 9.09. The molecule has 0 aromatic heterocycles. The second-order valence-corrected chi connectivity index (χ2v) is 4.36. The van der Waals surface area contributed by atoms with E-state index in [1.54, 1.807) is 0 Å². The van der Waals surface area contributed by atoms with Crippen molar-refractivity contribution in [1.29, 1.82) is 0 Å². The molecule has 1 aliphatic heterocycles. The topological polar surface area (TPSA) is 23.5 Å². The van der Waals surface area contributed by atoms with Crippen molar-refractivity contribution in [3.05, 3.63) is 0 Å². The second-order valence-electron chi connectivity index (χ2n) is 3.57. The van der Waals surface area contributed by atoms with Gasteiger partial charge in [0.2, 0.25) is 0 Å². The average molecular weight is 222 g/mol. The molecular weight excluding hydrogens is 206 g/mol. The van der Waals surface area contributed by atoms with Crippen molar-refractivity contribution >= 4 is 15.9 Å². The molecule has 1 aliphatic rings. The number of piperidine rings is 1. The van der Waals surface area contributed by atoms with Crippen molar-refractivity contribution < 1.29 is 5.11 Å². The minimum Gasteiger partial charge on any atom is -0.389 e. The number of nitrogens with zero attached hydrogens (tertiary/aromatic N) is 1. The number of β-amino-alcohol motifs (C(OH)–C–C–N with tert-alkyl or cyclic N) is 1. The van der Waals surface area contributed by atoms with Crippen LogP contribution in [0.1, 0.15) is 19.8 Å². The molecule has 0 bridgehead atoms. The van der Waals surface area contributed by atoms with Gasteiger partial charge in [-0.3, -0.25) is 4.90 Å². The van der Waals surface area contributed by atoms with Crippen molar-refractivity contribution in [2.45, 2.75) is 25.4 Å². The lowest BCUT2D eigenvalue weighted by molar-refractivity contribution is -0.0132. The smallest absolute Gasteiger partial charge is 0.0746 e. The molecule has 0 aliphatic carbocycles. The van der Waals surface area contributed by atoms with E-state index in [0.29, 0.717) is 0 Å². The number of aliphatic hydroxyl groups is 1. The minimum atomic E-state index is -0.444. The third-order valence-corrected chi connectivity index (χ3v) is 2.51. The van der Waals surface area contributed by atoms with Gasteiger partial charge in [-0.1, -0.05) is 15.9 Å². The Morgan fingerprint density at radius 3 is 2.91 bits per heavy atom. The summed E-state index contributed by atoms with van der Waals surface area (Å²) >= 11 is 3.40. The van der Waals surface area contributed by atoms with Crippen LogP contribution < -0.4 is 0 Å². The molecule has 1 saturated heterocycles. The highest BCUT2D eigenvalue weighted by atomic mass is 79.9. The lowest BCUT2D eigenvalue weighted by atomic mass is 9.95. The van der Waals surface area contributed by atoms with Gasteiger partial charge in [0.15, 0.2) is 0 Å². The first-order chi connectivity index (χ1) is 5.14. The van der Waals surface area contributed by atoms with Crippen LogP contribution in [0.3, 0.4) is 0 Å². The number of alkyl halides is 1. The molecule has 1 unspecified atom stereocenters. The summed E-state index contributed by atoms with van der Waals surface area (Å²) in [6.45, 7) is 4.95. The van der Waals surface area contributed by atoms with Gasteiger partial charge in [0.25, 0.3) is 0 Å². The van der Waals surface area contributed by atoms with Gasteiger partial charge in [-0.25, -0.2) is 0 Å². The Hall–Kier alpha value is 0.400. The molecule has 0 amide bonds. The fourth-order valence-corrected chi connectivity index (χ4v) is 2.14. The summed E-state index contributed by atoms with van der Waals surface area (Å²) in [7, 11) is 0. The van der Waals surface area contributed by atoms with E-state index >= 15 is 0 Å². The Morgan fingerprint density at radius 2 is 2.36 bits per heavy atom. The Kier molecular flexibility index (Phi) is 3.34. The molecule has 2 nitrogen and oxygen atoms in total. The summed E-state index contributed by atoms with van der Waals surface area (Å²) in [6, 6.07) is 0. The summed E-state index contributed by atoms with van der Waals surface area (Å²) < 4.78 is 0. The van der Waals surface area contributed by atoms with Gasteiger partial charge < -0.3 is 5.11 Å². The summed E-state index contributed by atoms with van der Waals surface area (Å²) in [6.07, 6.45) is 2.08. The van der Waals surface area contributed by atoms with E-state index in [1.165, 1.54) is 0 Å². The second kappa shape index (κ2) is 3.87. The van der Waals surface area contributed by atoms with E-state index < -0.39 is 5.60 Å². The molecule has 1 N–H and O–H groups in total.